The predicted molar refractivity (Wildman–Crippen MR) is 116 cm³/mol. The van der Waals surface area contributed by atoms with E-state index in [1.54, 1.807) is 12.1 Å². The first-order valence-corrected chi connectivity index (χ1v) is 10.1. The zero-order chi connectivity index (χ0) is 20.8. The molecule has 0 unspecified atom stereocenters. The molecular formula is C23H19BrN2O3. The number of hydrogen-bond acceptors (Lipinski definition) is 4. The summed E-state index contributed by atoms with van der Waals surface area (Å²) in [5, 5.41) is 11.0. The standard InChI is InChI=1S/C23H19BrN2O3/c1-23(2)12-20-22(21(27)13-23)18(14-5-9-17(10-6-14)26(28)29)11-19(25-20)15-3-7-16(24)8-4-15/h3-11H,12-13H2,1-2H3. The lowest BCUT2D eigenvalue weighted by atomic mass is 9.74. The number of carbonyl (C=O) groups is 1. The maximum absolute atomic E-state index is 13.0. The summed E-state index contributed by atoms with van der Waals surface area (Å²) >= 11 is 3.45. The van der Waals surface area contributed by atoms with Crippen molar-refractivity contribution in [2.45, 2.75) is 26.7 Å². The number of nitro groups is 1. The first-order valence-electron chi connectivity index (χ1n) is 9.31. The minimum absolute atomic E-state index is 0.0252. The molecular weight excluding hydrogens is 432 g/mol. The van der Waals surface area contributed by atoms with Gasteiger partial charge in [0, 0.05) is 34.2 Å². The van der Waals surface area contributed by atoms with Gasteiger partial charge in [-0.25, -0.2) is 0 Å². The number of ketones is 1. The van der Waals surface area contributed by atoms with Gasteiger partial charge in [-0.2, -0.15) is 0 Å². The molecule has 4 rings (SSSR count). The van der Waals surface area contributed by atoms with Crippen LogP contribution < -0.4 is 0 Å². The van der Waals surface area contributed by atoms with Crippen LogP contribution in [0.1, 0.15) is 36.3 Å². The molecule has 146 valence electrons. The summed E-state index contributed by atoms with van der Waals surface area (Å²) in [5.41, 5.74) is 4.60. The third-order valence-corrected chi connectivity index (χ3v) is 5.72. The van der Waals surface area contributed by atoms with Gasteiger partial charge in [-0.15, -0.1) is 0 Å². The van der Waals surface area contributed by atoms with Crippen LogP contribution in [0.4, 0.5) is 5.69 Å². The molecule has 0 fully saturated rings. The van der Waals surface area contributed by atoms with Crippen LogP contribution in [0.5, 0.6) is 0 Å². The molecule has 0 amide bonds. The van der Waals surface area contributed by atoms with E-state index in [1.807, 2.05) is 30.3 Å². The summed E-state index contributed by atoms with van der Waals surface area (Å²) in [6, 6.07) is 16.1. The Kier molecular flexibility index (Phi) is 4.82. The summed E-state index contributed by atoms with van der Waals surface area (Å²) in [7, 11) is 0. The van der Waals surface area contributed by atoms with Crippen LogP contribution in [0.2, 0.25) is 0 Å². The molecule has 2 aromatic carbocycles. The first kappa shape index (κ1) is 19.5. The number of non-ortho nitro benzene ring substituents is 1. The largest absolute Gasteiger partial charge is 0.294 e. The number of carbonyl (C=O) groups excluding carboxylic acids is 1. The van der Waals surface area contributed by atoms with Crippen molar-refractivity contribution >= 4 is 27.4 Å². The van der Waals surface area contributed by atoms with Gasteiger partial charge in [-0.05, 0) is 53.3 Å². The van der Waals surface area contributed by atoms with Crippen LogP contribution in [0.3, 0.4) is 0 Å². The Labute approximate surface area is 177 Å². The van der Waals surface area contributed by atoms with E-state index in [4.69, 9.17) is 4.98 Å². The lowest BCUT2D eigenvalue weighted by Crippen LogP contribution is -2.28. The van der Waals surface area contributed by atoms with Crippen LogP contribution >= 0.6 is 15.9 Å². The SMILES string of the molecule is CC1(C)CC(=O)c2c(-c3ccc([N+](=O)[O-])cc3)cc(-c3ccc(Br)cc3)nc2C1. The van der Waals surface area contributed by atoms with Gasteiger partial charge in [0.2, 0.25) is 0 Å². The summed E-state index contributed by atoms with van der Waals surface area (Å²) in [4.78, 5) is 28.4. The summed E-state index contributed by atoms with van der Waals surface area (Å²) in [6.45, 7) is 4.15. The van der Waals surface area contributed by atoms with E-state index in [0.717, 1.165) is 32.6 Å². The molecule has 1 heterocycles. The van der Waals surface area contributed by atoms with Crippen LogP contribution in [-0.4, -0.2) is 15.7 Å². The molecule has 1 aliphatic carbocycles. The number of aromatic nitrogens is 1. The van der Waals surface area contributed by atoms with E-state index in [9.17, 15) is 14.9 Å². The van der Waals surface area contributed by atoms with Gasteiger partial charge in [0.25, 0.3) is 5.69 Å². The third-order valence-electron chi connectivity index (χ3n) is 5.19. The van der Waals surface area contributed by atoms with Gasteiger partial charge in [-0.1, -0.05) is 41.9 Å². The molecule has 1 aliphatic rings. The Bertz CT molecular complexity index is 1120. The monoisotopic (exact) mass is 450 g/mol. The van der Waals surface area contributed by atoms with Crippen LogP contribution in [-0.2, 0) is 6.42 Å². The van der Waals surface area contributed by atoms with E-state index >= 15 is 0 Å². The highest BCUT2D eigenvalue weighted by molar-refractivity contribution is 9.10. The third kappa shape index (κ3) is 3.85. The molecule has 3 aromatic rings. The Morgan fingerprint density at radius 3 is 2.24 bits per heavy atom. The van der Waals surface area contributed by atoms with Gasteiger partial charge in [0.05, 0.1) is 16.3 Å². The van der Waals surface area contributed by atoms with E-state index in [-0.39, 0.29) is 16.9 Å². The molecule has 29 heavy (non-hydrogen) atoms. The summed E-state index contributed by atoms with van der Waals surface area (Å²) in [6.07, 6.45) is 1.16. The Hall–Kier alpha value is -2.86. The van der Waals surface area contributed by atoms with Crippen LogP contribution in [0.25, 0.3) is 22.4 Å². The van der Waals surface area contributed by atoms with Crippen molar-refractivity contribution in [1.82, 2.24) is 4.98 Å². The highest BCUT2D eigenvalue weighted by Gasteiger charge is 2.34. The molecule has 0 atom stereocenters. The number of Topliss-reactive ketones (excluding diaryl/α,β-unsaturated/α-hetero) is 1. The summed E-state index contributed by atoms with van der Waals surface area (Å²) in [5.74, 6) is 0.0689. The minimum atomic E-state index is -0.424. The number of benzene rings is 2. The lowest BCUT2D eigenvalue weighted by molar-refractivity contribution is -0.384. The molecule has 0 radical (unpaired) electrons. The second-order valence-corrected chi connectivity index (χ2v) is 9.04. The molecule has 0 saturated heterocycles. The molecule has 0 N–H and O–H groups in total. The van der Waals surface area contributed by atoms with Crippen molar-refractivity contribution in [2.75, 3.05) is 0 Å². The maximum atomic E-state index is 13.0. The molecule has 0 spiro atoms. The number of pyridine rings is 1. The molecule has 1 aromatic heterocycles. The normalized spacial score (nSPS) is 15.1. The van der Waals surface area contributed by atoms with Crippen molar-refractivity contribution in [1.29, 1.82) is 0 Å². The predicted octanol–water partition coefficient (Wildman–Crippen LogP) is 6.24. The van der Waals surface area contributed by atoms with Crippen molar-refractivity contribution < 1.29 is 9.72 Å². The fourth-order valence-corrected chi connectivity index (χ4v) is 4.10. The maximum Gasteiger partial charge on any atom is 0.269 e. The van der Waals surface area contributed by atoms with Gasteiger partial charge in [-0.3, -0.25) is 19.9 Å². The average Bonchev–Trinajstić information content (AvgIpc) is 2.66. The van der Waals surface area contributed by atoms with Gasteiger partial charge in [0.15, 0.2) is 5.78 Å². The Balaban J connectivity index is 1.93. The van der Waals surface area contributed by atoms with E-state index in [1.165, 1.54) is 12.1 Å². The average molecular weight is 451 g/mol. The number of nitro benzene ring substituents is 1. The molecule has 0 bridgehead atoms. The molecule has 6 heteroatoms. The zero-order valence-corrected chi connectivity index (χ0v) is 17.7. The quantitative estimate of drug-likeness (QED) is 0.349. The van der Waals surface area contributed by atoms with Crippen molar-refractivity contribution in [3.8, 4) is 22.4 Å². The smallest absolute Gasteiger partial charge is 0.269 e. The highest BCUT2D eigenvalue weighted by atomic mass is 79.9. The van der Waals surface area contributed by atoms with Crippen molar-refractivity contribution in [2.24, 2.45) is 5.41 Å². The summed E-state index contributed by atoms with van der Waals surface area (Å²) < 4.78 is 0.978. The second-order valence-electron chi connectivity index (χ2n) is 8.13. The number of halogens is 1. The van der Waals surface area contributed by atoms with Gasteiger partial charge < -0.3 is 0 Å². The fourth-order valence-electron chi connectivity index (χ4n) is 3.83. The van der Waals surface area contributed by atoms with Crippen LogP contribution in [0, 0.1) is 15.5 Å². The van der Waals surface area contributed by atoms with Crippen molar-refractivity contribution in [3.05, 3.63) is 80.4 Å². The van der Waals surface area contributed by atoms with Crippen LogP contribution in [0.15, 0.2) is 59.1 Å². The molecule has 0 aliphatic heterocycles. The number of fused-ring (bicyclic) bond motifs is 1. The molecule has 5 nitrogen and oxygen atoms in total. The van der Waals surface area contributed by atoms with E-state index in [2.05, 4.69) is 29.8 Å². The first-order chi connectivity index (χ1) is 13.7. The van der Waals surface area contributed by atoms with Gasteiger partial charge in [0.1, 0.15) is 0 Å². The second kappa shape index (κ2) is 7.19. The molecule has 0 saturated carbocycles. The number of rotatable bonds is 3. The fraction of sp³-hybridized carbons (Fsp3) is 0.217. The van der Waals surface area contributed by atoms with E-state index < -0.39 is 4.92 Å². The highest BCUT2D eigenvalue weighted by Crippen LogP contribution is 2.40. The number of nitrogens with zero attached hydrogens (tertiary/aromatic N) is 2. The lowest BCUT2D eigenvalue weighted by Gasteiger charge is -2.31. The Morgan fingerprint density at radius 2 is 1.62 bits per heavy atom. The minimum Gasteiger partial charge on any atom is -0.294 e. The van der Waals surface area contributed by atoms with Crippen molar-refractivity contribution in [3.63, 3.8) is 0 Å². The van der Waals surface area contributed by atoms with Gasteiger partial charge >= 0.3 is 0 Å². The Morgan fingerprint density at radius 1 is 1.00 bits per heavy atom. The zero-order valence-electron chi connectivity index (χ0n) is 16.1. The van der Waals surface area contributed by atoms with E-state index in [0.29, 0.717) is 18.4 Å². The number of hydrogen-bond donors (Lipinski definition) is 0. The topological polar surface area (TPSA) is 73.1 Å².